The maximum absolute atomic E-state index is 12.8. The molecule has 1 aliphatic carbocycles. The van der Waals surface area contributed by atoms with E-state index in [1.165, 1.54) is 0 Å². The summed E-state index contributed by atoms with van der Waals surface area (Å²) in [7, 11) is 0. The van der Waals surface area contributed by atoms with Crippen molar-refractivity contribution in [2.24, 2.45) is 0 Å². The van der Waals surface area contributed by atoms with E-state index in [9.17, 15) is 24.0 Å². The lowest BCUT2D eigenvalue weighted by atomic mass is 10.0. The number of unbranched alkanes of at least 4 members (excludes halogenated alkanes) is 3. The van der Waals surface area contributed by atoms with E-state index in [1.807, 2.05) is 0 Å². The average molecular weight is 676 g/mol. The van der Waals surface area contributed by atoms with Crippen LogP contribution in [0, 0.1) is 6.42 Å². The molecule has 1 saturated carbocycles. The Kier molecular flexibility index (Phi) is 18.3. The molecule has 2 fully saturated rings. The maximum atomic E-state index is 12.8. The lowest BCUT2D eigenvalue weighted by Crippen LogP contribution is -2.46. The first kappa shape index (κ1) is 40.2. The van der Waals surface area contributed by atoms with Crippen molar-refractivity contribution in [3.05, 3.63) is 54.2 Å². The predicted molar refractivity (Wildman–Crippen MR) is 175 cm³/mol. The van der Waals surface area contributed by atoms with Crippen molar-refractivity contribution in [3.63, 3.8) is 0 Å². The molecule has 0 bridgehead atoms. The van der Waals surface area contributed by atoms with Gasteiger partial charge >= 0.3 is 29.8 Å². The molecule has 3 atom stereocenters. The van der Waals surface area contributed by atoms with Crippen molar-refractivity contribution in [2.45, 2.75) is 110 Å². The number of allylic oxidation sites excluding steroid dienone is 2. The molecule has 12 heteroatoms. The molecule has 1 unspecified atom stereocenters. The van der Waals surface area contributed by atoms with E-state index >= 15 is 0 Å². The smallest absolute Gasteiger partial charge is 0.333 e. The van der Waals surface area contributed by atoms with E-state index in [4.69, 9.17) is 33.2 Å². The number of esters is 5. The molecule has 1 heterocycles. The topological polar surface area (TPSA) is 150 Å². The fourth-order valence-electron chi connectivity index (χ4n) is 4.40. The first-order valence-corrected chi connectivity index (χ1v) is 16.5. The van der Waals surface area contributed by atoms with Crippen LogP contribution in [-0.2, 0) is 57.1 Å². The Labute approximate surface area is 283 Å². The van der Waals surface area contributed by atoms with E-state index < -0.39 is 48.2 Å². The third kappa shape index (κ3) is 16.8. The van der Waals surface area contributed by atoms with Gasteiger partial charge in [-0.1, -0.05) is 19.7 Å². The molecule has 1 radical (unpaired) electrons. The van der Waals surface area contributed by atoms with E-state index in [0.717, 1.165) is 24.2 Å². The van der Waals surface area contributed by atoms with Crippen LogP contribution in [0.4, 0.5) is 0 Å². The van der Waals surface area contributed by atoms with Crippen molar-refractivity contribution in [3.8, 4) is 0 Å². The highest BCUT2D eigenvalue weighted by Gasteiger charge is 2.37. The van der Waals surface area contributed by atoms with Gasteiger partial charge < -0.3 is 33.2 Å². The Morgan fingerprint density at radius 2 is 1.15 bits per heavy atom. The Bertz CT molecular complexity index is 1190. The van der Waals surface area contributed by atoms with E-state index in [0.29, 0.717) is 55.2 Å². The second kappa shape index (κ2) is 21.8. The average Bonchev–Trinajstić information content (AvgIpc) is 3.88. The molecule has 0 N–H and O–H groups in total. The third-order valence-electron chi connectivity index (χ3n) is 7.27. The van der Waals surface area contributed by atoms with Gasteiger partial charge in [0, 0.05) is 42.4 Å². The maximum Gasteiger partial charge on any atom is 0.333 e. The zero-order chi connectivity index (χ0) is 35.5. The van der Waals surface area contributed by atoms with Gasteiger partial charge in [-0.3, -0.25) is 9.59 Å². The van der Waals surface area contributed by atoms with Crippen molar-refractivity contribution < 1.29 is 57.1 Å². The van der Waals surface area contributed by atoms with Gasteiger partial charge in [-0.15, -0.1) is 0 Å². The van der Waals surface area contributed by atoms with Crippen LogP contribution < -0.4 is 0 Å². The highest BCUT2D eigenvalue weighted by atomic mass is 16.6. The molecule has 12 nitrogen and oxygen atoms in total. The van der Waals surface area contributed by atoms with Crippen molar-refractivity contribution in [1.29, 1.82) is 0 Å². The van der Waals surface area contributed by atoms with Gasteiger partial charge in [0.25, 0.3) is 0 Å². The van der Waals surface area contributed by atoms with Crippen LogP contribution in [0.5, 0.6) is 0 Å². The van der Waals surface area contributed by atoms with Crippen LogP contribution in [-0.4, -0.2) is 81.2 Å². The molecule has 1 saturated heterocycles. The quantitative estimate of drug-likeness (QED) is 0.0452. The monoisotopic (exact) mass is 675 g/mol. The number of hydrogen-bond donors (Lipinski definition) is 0. The summed E-state index contributed by atoms with van der Waals surface area (Å²) < 4.78 is 38.9. The van der Waals surface area contributed by atoms with Gasteiger partial charge in [0.15, 0.2) is 6.10 Å². The highest BCUT2D eigenvalue weighted by molar-refractivity contribution is 5.87. The van der Waals surface area contributed by atoms with Crippen molar-refractivity contribution >= 4 is 29.8 Å². The van der Waals surface area contributed by atoms with Crippen LogP contribution in [0.2, 0.25) is 0 Å². The number of hydrogen-bond acceptors (Lipinski definition) is 12. The molecule has 0 aromatic rings. The standard InChI is InChI=1S/C36H51O12/c1-24(2)34(39)42-18-10-7-13-29(27-16-17-27)47-31-23-45-28(22-46-32(37)14-8-11-19-43-35(40)25(3)4)21-30(31)48-33(38)15-9-12-20-44-36(41)26(5)6/h16,28,30-31H,1,3,5,7-15,17-23H2,2,4,6H3/b29-27-/t28?,30-,31+/m0/s1. The molecule has 0 spiro atoms. The summed E-state index contributed by atoms with van der Waals surface area (Å²) in [6.07, 6.45) is 5.61. The van der Waals surface area contributed by atoms with Crippen LogP contribution in [0.1, 0.15) is 91.4 Å². The second-order valence-electron chi connectivity index (χ2n) is 12.0. The Morgan fingerprint density at radius 1 is 0.667 bits per heavy atom. The zero-order valence-corrected chi connectivity index (χ0v) is 28.6. The molecular weight excluding hydrogens is 624 g/mol. The van der Waals surface area contributed by atoms with E-state index in [-0.39, 0.29) is 52.3 Å². The van der Waals surface area contributed by atoms with Crippen LogP contribution in [0.25, 0.3) is 0 Å². The molecule has 1 aliphatic heterocycles. The molecule has 267 valence electrons. The third-order valence-corrected chi connectivity index (χ3v) is 7.27. The van der Waals surface area contributed by atoms with Crippen LogP contribution in [0.3, 0.4) is 0 Å². The van der Waals surface area contributed by atoms with Crippen molar-refractivity contribution in [1.82, 2.24) is 0 Å². The lowest BCUT2D eigenvalue weighted by Gasteiger charge is -2.36. The van der Waals surface area contributed by atoms with Gasteiger partial charge in [-0.25, -0.2) is 14.4 Å². The van der Waals surface area contributed by atoms with Gasteiger partial charge in [0.05, 0.1) is 38.3 Å². The normalized spacial score (nSPS) is 19.3. The second-order valence-corrected chi connectivity index (χ2v) is 12.0. The number of rotatable bonds is 23. The van der Waals surface area contributed by atoms with Gasteiger partial charge in [0.2, 0.25) is 0 Å². The molecule has 48 heavy (non-hydrogen) atoms. The molecule has 2 aliphatic rings. The molecular formula is C36H51O12. The van der Waals surface area contributed by atoms with Gasteiger partial charge in [-0.05, 0) is 77.7 Å². The summed E-state index contributed by atoms with van der Waals surface area (Å²) in [4.78, 5) is 59.8. The Morgan fingerprint density at radius 3 is 1.62 bits per heavy atom. The van der Waals surface area contributed by atoms with Gasteiger partial charge in [0.1, 0.15) is 12.7 Å². The van der Waals surface area contributed by atoms with Crippen molar-refractivity contribution in [2.75, 3.05) is 33.0 Å². The minimum absolute atomic E-state index is 0.0109. The fraction of sp³-hybridized carbons (Fsp3) is 0.611. The predicted octanol–water partition coefficient (Wildman–Crippen LogP) is 5.35. The summed E-state index contributed by atoms with van der Waals surface area (Å²) in [6.45, 7) is 16.1. The van der Waals surface area contributed by atoms with Crippen LogP contribution >= 0.6 is 0 Å². The summed E-state index contributed by atoms with van der Waals surface area (Å²) in [5, 5.41) is 0. The molecule has 0 aromatic heterocycles. The SMILES string of the molecule is C=C(C)C(=O)OCCCCC(=O)OCC1C[C@H](OC(=O)CCCCOC(=O)C(=C)C)[C@H](O/C(CCCCOC(=O)C(=C)C)=C2/[CH]C2)CO1. The fourth-order valence-corrected chi connectivity index (χ4v) is 4.40. The lowest BCUT2D eigenvalue weighted by molar-refractivity contribution is -0.183. The first-order valence-electron chi connectivity index (χ1n) is 16.5. The zero-order valence-electron chi connectivity index (χ0n) is 28.6. The molecule has 2 rings (SSSR count). The largest absolute Gasteiger partial charge is 0.489 e. The minimum Gasteiger partial charge on any atom is -0.489 e. The summed E-state index contributed by atoms with van der Waals surface area (Å²) in [6, 6.07) is 0. The number of ether oxygens (including phenoxy) is 7. The Balaban J connectivity index is 1.88. The number of carbonyl (C=O) groups is 5. The minimum atomic E-state index is -0.648. The molecule has 0 aromatic carbocycles. The summed E-state index contributed by atoms with van der Waals surface area (Å²) in [5.74, 6) is -1.39. The number of carbonyl (C=O) groups excluding carboxylic acids is 5. The molecule has 0 amide bonds. The first-order chi connectivity index (χ1) is 22.9. The highest BCUT2D eigenvalue weighted by Crippen LogP contribution is 2.35. The van der Waals surface area contributed by atoms with E-state index in [1.54, 1.807) is 20.8 Å². The Hall–Kier alpha value is -3.93. The summed E-state index contributed by atoms with van der Waals surface area (Å²) >= 11 is 0. The van der Waals surface area contributed by atoms with E-state index in [2.05, 4.69) is 26.2 Å². The summed E-state index contributed by atoms with van der Waals surface area (Å²) in [5.41, 5.74) is 2.06. The van der Waals surface area contributed by atoms with Gasteiger partial charge in [-0.2, -0.15) is 0 Å². The van der Waals surface area contributed by atoms with Crippen LogP contribution in [0.15, 0.2) is 47.8 Å².